The molecule has 70 valence electrons. The number of hydrogen-bond donors (Lipinski definition) is 1. The van der Waals surface area contributed by atoms with Crippen molar-refractivity contribution < 1.29 is 0 Å². The van der Waals surface area contributed by atoms with Crippen LogP contribution in [0.25, 0.3) is 6.20 Å². The van der Waals surface area contributed by atoms with Crippen LogP contribution in [-0.4, -0.2) is 9.78 Å². The lowest BCUT2D eigenvalue weighted by atomic mass is 10.0. The van der Waals surface area contributed by atoms with Gasteiger partial charge in [-0.05, 0) is 11.8 Å². The van der Waals surface area contributed by atoms with Crippen molar-refractivity contribution in [3.8, 4) is 0 Å². The molecular weight excluding hydrogens is 162 g/mol. The molecule has 0 radical (unpaired) electrons. The van der Waals surface area contributed by atoms with E-state index in [0.717, 1.165) is 12.0 Å². The summed E-state index contributed by atoms with van der Waals surface area (Å²) in [5.41, 5.74) is 7.37. The third kappa shape index (κ3) is 1.04. The molecule has 1 fully saturated rings. The Labute approximate surface area is 78.2 Å². The van der Waals surface area contributed by atoms with Crippen molar-refractivity contribution in [2.75, 3.05) is 0 Å². The summed E-state index contributed by atoms with van der Waals surface area (Å²) in [5.74, 6) is 0. The van der Waals surface area contributed by atoms with E-state index in [1.165, 1.54) is 0 Å². The molecule has 0 aliphatic heterocycles. The Hall–Kier alpha value is -1.09. The van der Waals surface area contributed by atoms with Gasteiger partial charge in [-0.3, -0.25) is 0 Å². The van der Waals surface area contributed by atoms with Crippen LogP contribution in [0.4, 0.5) is 0 Å². The van der Waals surface area contributed by atoms with Crippen LogP contribution in [0.5, 0.6) is 0 Å². The summed E-state index contributed by atoms with van der Waals surface area (Å²) in [5, 5.41) is 4.13. The Kier molecular flexibility index (Phi) is 1.46. The van der Waals surface area contributed by atoms with Gasteiger partial charge in [0.05, 0.1) is 6.20 Å². The van der Waals surface area contributed by atoms with Gasteiger partial charge >= 0.3 is 0 Å². The summed E-state index contributed by atoms with van der Waals surface area (Å²) in [6.45, 7) is 8.00. The Morgan fingerprint density at radius 1 is 1.69 bits per heavy atom. The number of rotatable bonds is 2. The topological polar surface area (TPSA) is 43.8 Å². The van der Waals surface area contributed by atoms with E-state index in [2.05, 4.69) is 25.5 Å². The van der Waals surface area contributed by atoms with E-state index >= 15 is 0 Å². The molecule has 1 aromatic heterocycles. The quantitative estimate of drug-likeness (QED) is 0.745. The first-order chi connectivity index (χ1) is 5.99. The van der Waals surface area contributed by atoms with Crippen LogP contribution in [0, 0.1) is 5.41 Å². The summed E-state index contributed by atoms with van der Waals surface area (Å²) in [4.78, 5) is 0. The molecule has 1 aromatic rings. The van der Waals surface area contributed by atoms with Gasteiger partial charge in [-0.1, -0.05) is 20.4 Å². The molecule has 0 spiro atoms. The monoisotopic (exact) mass is 177 g/mol. The van der Waals surface area contributed by atoms with Crippen LogP contribution in [0.1, 0.15) is 25.8 Å². The summed E-state index contributed by atoms with van der Waals surface area (Å²) in [7, 11) is 0. The molecule has 1 aliphatic rings. The highest BCUT2D eigenvalue weighted by molar-refractivity contribution is 5.33. The molecule has 13 heavy (non-hydrogen) atoms. The number of nitrogens with zero attached hydrogens (tertiary/aromatic N) is 2. The summed E-state index contributed by atoms with van der Waals surface area (Å²) in [6, 6.07) is 0. The molecule has 0 saturated heterocycles. The lowest BCUT2D eigenvalue weighted by molar-refractivity contribution is 0.510. The smallest absolute Gasteiger partial charge is 0.0544 e. The first-order valence-electron chi connectivity index (χ1n) is 4.46. The number of aromatic nitrogens is 2. The zero-order valence-electron chi connectivity index (χ0n) is 8.12. The maximum absolute atomic E-state index is 6.23. The second-order valence-electron chi connectivity index (χ2n) is 4.42. The second-order valence-corrected chi connectivity index (χ2v) is 4.42. The highest BCUT2D eigenvalue weighted by Crippen LogP contribution is 2.60. The van der Waals surface area contributed by atoms with Gasteiger partial charge in [0.15, 0.2) is 0 Å². The molecule has 2 rings (SSSR count). The minimum atomic E-state index is -0.172. The van der Waals surface area contributed by atoms with Crippen molar-refractivity contribution in [2.24, 2.45) is 11.1 Å². The summed E-state index contributed by atoms with van der Waals surface area (Å²) >= 11 is 0. The largest absolute Gasteiger partial charge is 0.321 e. The van der Waals surface area contributed by atoms with Gasteiger partial charge in [-0.2, -0.15) is 5.10 Å². The Morgan fingerprint density at radius 2 is 2.31 bits per heavy atom. The summed E-state index contributed by atoms with van der Waals surface area (Å²) < 4.78 is 1.69. The van der Waals surface area contributed by atoms with Crippen molar-refractivity contribution in [3.05, 3.63) is 24.5 Å². The van der Waals surface area contributed by atoms with Crippen LogP contribution >= 0.6 is 0 Å². The third-order valence-electron chi connectivity index (χ3n) is 3.11. The minimum absolute atomic E-state index is 0.172. The molecule has 3 nitrogen and oxygen atoms in total. The van der Waals surface area contributed by atoms with Gasteiger partial charge in [-0.25, -0.2) is 4.68 Å². The highest BCUT2D eigenvalue weighted by Gasteiger charge is 2.59. The molecule has 0 aromatic carbocycles. The van der Waals surface area contributed by atoms with Crippen molar-refractivity contribution >= 4 is 6.20 Å². The van der Waals surface area contributed by atoms with Crippen molar-refractivity contribution in [1.29, 1.82) is 0 Å². The SMILES string of the molecule is C=Cn1cc(C2(N)CC2(C)C)cn1. The normalized spacial score (nSPS) is 30.1. The zero-order chi connectivity index (χ0) is 9.69. The zero-order valence-corrected chi connectivity index (χ0v) is 8.12. The second kappa shape index (κ2) is 2.23. The van der Waals surface area contributed by atoms with Crippen molar-refractivity contribution in [2.45, 2.75) is 25.8 Å². The van der Waals surface area contributed by atoms with Gasteiger partial charge < -0.3 is 5.73 Å². The molecule has 2 N–H and O–H groups in total. The van der Waals surface area contributed by atoms with Crippen LogP contribution in [0.2, 0.25) is 0 Å². The molecule has 1 heterocycles. The Morgan fingerprint density at radius 3 is 2.69 bits per heavy atom. The maximum Gasteiger partial charge on any atom is 0.0544 e. The lowest BCUT2D eigenvalue weighted by Crippen LogP contribution is -2.24. The molecule has 1 aliphatic carbocycles. The third-order valence-corrected chi connectivity index (χ3v) is 3.11. The molecule has 1 unspecified atom stereocenters. The van der Waals surface area contributed by atoms with E-state index in [1.807, 2.05) is 12.4 Å². The first kappa shape index (κ1) is 8.51. The predicted octanol–water partition coefficient (Wildman–Crippen LogP) is 1.57. The first-order valence-corrected chi connectivity index (χ1v) is 4.46. The van der Waals surface area contributed by atoms with Crippen molar-refractivity contribution in [1.82, 2.24) is 9.78 Å². The standard InChI is InChI=1S/C10H15N3/c1-4-13-6-8(5-12-13)10(11)7-9(10,2)3/h4-6H,1,7,11H2,2-3H3. The maximum atomic E-state index is 6.23. The van der Waals surface area contributed by atoms with Gasteiger partial charge in [0, 0.05) is 23.5 Å². The van der Waals surface area contributed by atoms with Gasteiger partial charge in [0.1, 0.15) is 0 Å². The minimum Gasteiger partial charge on any atom is -0.321 e. The van der Waals surface area contributed by atoms with Crippen LogP contribution in [0.3, 0.4) is 0 Å². The van der Waals surface area contributed by atoms with Gasteiger partial charge in [0.2, 0.25) is 0 Å². The molecule has 0 bridgehead atoms. The van der Waals surface area contributed by atoms with Crippen molar-refractivity contribution in [3.63, 3.8) is 0 Å². The molecular formula is C10H15N3. The average Bonchev–Trinajstić information content (AvgIpc) is 2.53. The summed E-state index contributed by atoms with van der Waals surface area (Å²) in [6.07, 6.45) is 6.48. The van der Waals surface area contributed by atoms with E-state index in [1.54, 1.807) is 10.9 Å². The Balaban J connectivity index is 2.33. The van der Waals surface area contributed by atoms with Crippen LogP contribution < -0.4 is 5.73 Å². The van der Waals surface area contributed by atoms with E-state index in [4.69, 9.17) is 5.73 Å². The van der Waals surface area contributed by atoms with E-state index in [0.29, 0.717) is 0 Å². The fraction of sp³-hybridized carbons (Fsp3) is 0.500. The fourth-order valence-electron chi connectivity index (χ4n) is 1.81. The predicted molar refractivity (Wildman–Crippen MR) is 52.9 cm³/mol. The average molecular weight is 177 g/mol. The van der Waals surface area contributed by atoms with Crippen LogP contribution in [-0.2, 0) is 5.54 Å². The van der Waals surface area contributed by atoms with E-state index < -0.39 is 0 Å². The van der Waals surface area contributed by atoms with E-state index in [9.17, 15) is 0 Å². The van der Waals surface area contributed by atoms with Gasteiger partial charge in [0.25, 0.3) is 0 Å². The van der Waals surface area contributed by atoms with Crippen LogP contribution in [0.15, 0.2) is 19.0 Å². The van der Waals surface area contributed by atoms with Gasteiger partial charge in [-0.15, -0.1) is 0 Å². The molecule has 3 heteroatoms. The highest BCUT2D eigenvalue weighted by atomic mass is 15.3. The van der Waals surface area contributed by atoms with E-state index in [-0.39, 0.29) is 11.0 Å². The lowest BCUT2D eigenvalue weighted by Gasteiger charge is -2.11. The molecule has 1 atom stereocenters. The fourth-order valence-corrected chi connectivity index (χ4v) is 1.81. The number of hydrogen-bond acceptors (Lipinski definition) is 2. The molecule has 1 saturated carbocycles. The Bertz CT molecular complexity index is 351. The number of nitrogens with two attached hydrogens (primary N) is 1. The molecule has 0 amide bonds.